The first-order valence-corrected chi connectivity index (χ1v) is 10.8. The third-order valence-electron chi connectivity index (χ3n) is 6.17. The van der Waals surface area contributed by atoms with E-state index in [9.17, 15) is 9.59 Å². The fraction of sp³-hybridized carbons (Fsp3) is 0.333. The normalized spacial score (nSPS) is 18.5. The van der Waals surface area contributed by atoms with Crippen LogP contribution in [-0.4, -0.2) is 35.6 Å². The molecule has 1 aromatic heterocycles. The highest BCUT2D eigenvalue weighted by Gasteiger charge is 2.35. The maximum absolute atomic E-state index is 12.8. The summed E-state index contributed by atoms with van der Waals surface area (Å²) >= 11 is 0. The van der Waals surface area contributed by atoms with Gasteiger partial charge in [-0.3, -0.25) is 9.59 Å². The summed E-state index contributed by atoms with van der Waals surface area (Å²) in [7, 11) is 1.55. The van der Waals surface area contributed by atoms with Crippen molar-refractivity contribution in [1.82, 2.24) is 10.1 Å². The van der Waals surface area contributed by atoms with Crippen LogP contribution in [0.2, 0.25) is 0 Å². The van der Waals surface area contributed by atoms with E-state index in [2.05, 4.69) is 15.5 Å². The molecule has 8 nitrogen and oxygen atoms in total. The van der Waals surface area contributed by atoms with Crippen LogP contribution in [0, 0.1) is 5.92 Å². The quantitative estimate of drug-likeness (QED) is 0.632. The lowest BCUT2D eigenvalue weighted by Crippen LogP contribution is -2.28. The SMILES string of the molecule is COc1ccccc1NC(=O)[C@@H]1CC(=O)N(c2cccc(-c3noc(C4CCC4)n3)c2)C1. The zero-order chi connectivity index (χ0) is 22.1. The number of aromatic nitrogens is 2. The number of nitrogens with one attached hydrogen (secondary N) is 1. The van der Waals surface area contributed by atoms with Crippen molar-refractivity contribution in [2.75, 3.05) is 23.9 Å². The molecule has 0 bridgehead atoms. The van der Waals surface area contributed by atoms with E-state index in [-0.39, 0.29) is 18.2 Å². The minimum atomic E-state index is -0.452. The number of ether oxygens (including phenoxy) is 1. The lowest BCUT2D eigenvalue weighted by atomic mass is 9.85. The van der Waals surface area contributed by atoms with Gasteiger partial charge in [0.05, 0.1) is 18.7 Å². The monoisotopic (exact) mass is 432 g/mol. The molecule has 2 amide bonds. The van der Waals surface area contributed by atoms with Crippen molar-refractivity contribution in [2.45, 2.75) is 31.6 Å². The van der Waals surface area contributed by atoms with Gasteiger partial charge in [0.2, 0.25) is 23.5 Å². The number of para-hydroxylation sites is 2. The summed E-state index contributed by atoms with van der Waals surface area (Å²) in [6.07, 6.45) is 3.52. The molecule has 0 unspecified atom stereocenters. The molecule has 1 N–H and O–H groups in total. The highest BCUT2D eigenvalue weighted by Crippen LogP contribution is 2.36. The lowest BCUT2D eigenvalue weighted by molar-refractivity contribution is -0.122. The second kappa shape index (κ2) is 8.45. The summed E-state index contributed by atoms with van der Waals surface area (Å²) in [6, 6.07) is 14.7. The number of benzene rings is 2. The first-order valence-electron chi connectivity index (χ1n) is 10.8. The van der Waals surface area contributed by atoms with Gasteiger partial charge >= 0.3 is 0 Å². The molecular weight excluding hydrogens is 408 g/mol. The summed E-state index contributed by atoms with van der Waals surface area (Å²) in [4.78, 5) is 31.7. The number of carbonyl (C=O) groups excluding carboxylic acids is 2. The Kier molecular flexibility index (Phi) is 5.34. The minimum absolute atomic E-state index is 0.0920. The molecule has 1 aliphatic carbocycles. The second-order valence-corrected chi connectivity index (χ2v) is 8.23. The van der Waals surface area contributed by atoms with Gasteiger partial charge in [0.15, 0.2) is 0 Å². The van der Waals surface area contributed by atoms with Crippen LogP contribution in [0.25, 0.3) is 11.4 Å². The Morgan fingerprint density at radius 2 is 2.03 bits per heavy atom. The van der Waals surface area contributed by atoms with Crippen LogP contribution in [0.4, 0.5) is 11.4 Å². The zero-order valence-electron chi connectivity index (χ0n) is 17.8. The Morgan fingerprint density at radius 3 is 2.81 bits per heavy atom. The highest BCUT2D eigenvalue weighted by molar-refractivity contribution is 6.04. The molecule has 2 heterocycles. The number of hydrogen-bond donors (Lipinski definition) is 1. The topological polar surface area (TPSA) is 97.6 Å². The summed E-state index contributed by atoms with van der Waals surface area (Å²) in [5.41, 5.74) is 2.09. The maximum atomic E-state index is 12.8. The number of hydrogen-bond acceptors (Lipinski definition) is 6. The van der Waals surface area contributed by atoms with Crippen LogP contribution in [-0.2, 0) is 9.59 Å². The molecule has 0 spiro atoms. The van der Waals surface area contributed by atoms with Gasteiger partial charge in [-0.15, -0.1) is 0 Å². The fourth-order valence-electron chi connectivity index (χ4n) is 4.10. The molecule has 1 saturated heterocycles. The highest BCUT2D eigenvalue weighted by atomic mass is 16.5. The third-order valence-corrected chi connectivity index (χ3v) is 6.17. The first kappa shape index (κ1) is 20.2. The minimum Gasteiger partial charge on any atom is -0.495 e. The van der Waals surface area contributed by atoms with E-state index in [1.807, 2.05) is 36.4 Å². The van der Waals surface area contributed by atoms with Gasteiger partial charge in [-0.05, 0) is 37.1 Å². The van der Waals surface area contributed by atoms with Crippen molar-refractivity contribution >= 4 is 23.2 Å². The number of nitrogens with zero attached hydrogens (tertiary/aromatic N) is 3. The lowest BCUT2D eigenvalue weighted by Gasteiger charge is -2.20. The van der Waals surface area contributed by atoms with E-state index in [0.717, 1.165) is 24.1 Å². The van der Waals surface area contributed by atoms with E-state index < -0.39 is 5.92 Å². The van der Waals surface area contributed by atoms with Gasteiger partial charge < -0.3 is 19.5 Å². The van der Waals surface area contributed by atoms with Gasteiger partial charge in [0, 0.05) is 30.1 Å². The van der Waals surface area contributed by atoms with E-state index in [0.29, 0.717) is 35.6 Å². The molecule has 1 saturated carbocycles. The molecule has 164 valence electrons. The van der Waals surface area contributed by atoms with Crippen LogP contribution < -0.4 is 15.0 Å². The molecule has 2 fully saturated rings. The van der Waals surface area contributed by atoms with Crippen LogP contribution >= 0.6 is 0 Å². The Balaban J connectivity index is 1.30. The zero-order valence-corrected chi connectivity index (χ0v) is 17.8. The van der Waals surface area contributed by atoms with Crippen molar-refractivity contribution in [2.24, 2.45) is 5.92 Å². The van der Waals surface area contributed by atoms with Crippen molar-refractivity contribution in [3.8, 4) is 17.1 Å². The van der Waals surface area contributed by atoms with Gasteiger partial charge in [0.25, 0.3) is 0 Å². The molecule has 8 heteroatoms. The number of methoxy groups -OCH3 is 1. The molecule has 2 aromatic carbocycles. The van der Waals surface area contributed by atoms with Crippen molar-refractivity contribution < 1.29 is 18.8 Å². The van der Waals surface area contributed by atoms with Gasteiger partial charge in [-0.2, -0.15) is 4.98 Å². The maximum Gasteiger partial charge on any atom is 0.230 e. The molecule has 2 aliphatic rings. The van der Waals surface area contributed by atoms with Crippen molar-refractivity contribution in [1.29, 1.82) is 0 Å². The van der Waals surface area contributed by atoms with E-state index >= 15 is 0 Å². The molecular formula is C24H24N4O4. The average molecular weight is 432 g/mol. The Morgan fingerprint density at radius 1 is 1.19 bits per heavy atom. The average Bonchev–Trinajstić information content (AvgIpc) is 3.40. The molecule has 1 atom stereocenters. The van der Waals surface area contributed by atoms with Crippen LogP contribution in [0.1, 0.15) is 37.5 Å². The van der Waals surface area contributed by atoms with E-state index in [1.165, 1.54) is 6.42 Å². The van der Waals surface area contributed by atoms with Crippen molar-refractivity contribution in [3.05, 3.63) is 54.4 Å². The first-order chi connectivity index (χ1) is 15.6. The smallest absolute Gasteiger partial charge is 0.230 e. The van der Waals surface area contributed by atoms with Crippen LogP contribution in [0.15, 0.2) is 53.1 Å². The van der Waals surface area contributed by atoms with Crippen molar-refractivity contribution in [3.63, 3.8) is 0 Å². The Hall–Kier alpha value is -3.68. The van der Waals surface area contributed by atoms with Crippen LogP contribution in [0.3, 0.4) is 0 Å². The van der Waals surface area contributed by atoms with Gasteiger partial charge in [-0.25, -0.2) is 0 Å². The predicted octanol–water partition coefficient (Wildman–Crippen LogP) is 4.00. The molecule has 1 aliphatic heterocycles. The number of rotatable bonds is 6. The van der Waals surface area contributed by atoms with Gasteiger partial charge in [-0.1, -0.05) is 35.8 Å². The van der Waals surface area contributed by atoms with E-state index in [1.54, 1.807) is 24.1 Å². The third kappa shape index (κ3) is 3.84. The summed E-state index contributed by atoms with van der Waals surface area (Å²) in [5, 5.41) is 7.00. The standard InChI is InChI=1S/C24H24N4O4/c1-31-20-11-3-2-10-19(20)25-23(30)17-13-21(29)28(14-17)18-9-5-8-16(12-18)22-26-24(32-27-22)15-6-4-7-15/h2-3,5,8-12,15,17H,4,6-7,13-14H2,1H3,(H,25,30)/t17-/m1/s1. The molecule has 0 radical (unpaired) electrons. The number of amides is 2. The Bertz CT molecular complexity index is 1150. The molecule has 32 heavy (non-hydrogen) atoms. The summed E-state index contributed by atoms with van der Waals surface area (Å²) in [6.45, 7) is 0.308. The number of carbonyl (C=O) groups is 2. The van der Waals surface area contributed by atoms with Crippen LogP contribution in [0.5, 0.6) is 5.75 Å². The second-order valence-electron chi connectivity index (χ2n) is 8.23. The largest absolute Gasteiger partial charge is 0.495 e. The fourth-order valence-corrected chi connectivity index (χ4v) is 4.10. The number of anilines is 2. The summed E-state index contributed by atoms with van der Waals surface area (Å²) < 4.78 is 10.7. The molecule has 3 aromatic rings. The van der Waals surface area contributed by atoms with Gasteiger partial charge in [0.1, 0.15) is 5.75 Å². The van der Waals surface area contributed by atoms with E-state index in [4.69, 9.17) is 9.26 Å². The predicted molar refractivity (Wildman–Crippen MR) is 118 cm³/mol. The Labute approximate surface area is 185 Å². The summed E-state index contributed by atoms with van der Waals surface area (Å²) in [5.74, 6) is 1.40. The molecule has 5 rings (SSSR count).